The molecule has 0 fully saturated rings. The van der Waals surface area contributed by atoms with E-state index in [0.29, 0.717) is 0 Å². The fourth-order valence-electron chi connectivity index (χ4n) is 8.45. The van der Waals surface area contributed by atoms with E-state index in [1.165, 1.54) is 11.1 Å². The molecular weight excluding hydrogens is 932 g/mol. The molecule has 324 valence electrons. The fourth-order valence-corrected chi connectivity index (χ4v) is 9.58. The average Bonchev–Trinajstić information content (AvgIpc) is 4.14. The molecule has 2 aliphatic heterocycles. The predicted octanol–water partition coefficient (Wildman–Crippen LogP) is 11.3. The first-order valence-corrected chi connectivity index (χ1v) is 23.0. The standard InChI is InChI=1S/2C25H24BrN5O/c2*1-17-15-30(16-27-17)22-11-9-18(14-23(22)32-2)10-12-24-28-25-20(7-5-13-31(25)29-24)19-6-3-4-8-21(19)26/h2*3-4,6,8-12,14-16,20H,5,7,13H2,1-2H3/b2*12-10+/t2*20-/m10/s1. The monoisotopic (exact) mass is 978 g/mol. The van der Waals surface area contributed by atoms with Gasteiger partial charge in [-0.15, -0.1) is 0 Å². The summed E-state index contributed by atoms with van der Waals surface area (Å²) < 4.78 is 21.5. The molecule has 4 aromatic carbocycles. The Morgan fingerprint density at radius 2 is 1.02 bits per heavy atom. The van der Waals surface area contributed by atoms with Crippen molar-refractivity contribution < 1.29 is 9.47 Å². The summed E-state index contributed by atoms with van der Waals surface area (Å²) in [5, 5.41) is 9.48. The molecule has 0 spiro atoms. The van der Waals surface area contributed by atoms with Crippen molar-refractivity contribution in [3.05, 3.63) is 176 Å². The smallest absolute Gasteiger partial charge is 0.174 e. The highest BCUT2D eigenvalue weighted by Crippen LogP contribution is 2.38. The van der Waals surface area contributed by atoms with Crippen LogP contribution in [0.5, 0.6) is 11.5 Å². The molecule has 0 saturated carbocycles. The van der Waals surface area contributed by atoms with Crippen molar-refractivity contribution in [1.29, 1.82) is 0 Å². The van der Waals surface area contributed by atoms with Crippen LogP contribution in [0.15, 0.2) is 119 Å². The van der Waals surface area contributed by atoms with Crippen LogP contribution < -0.4 is 9.47 Å². The molecule has 6 heterocycles. The number of fused-ring (bicyclic) bond motifs is 2. The second-order valence-corrected chi connectivity index (χ2v) is 17.6. The van der Waals surface area contributed by atoms with E-state index in [-0.39, 0.29) is 11.8 Å². The third-order valence-electron chi connectivity index (χ3n) is 11.6. The summed E-state index contributed by atoms with van der Waals surface area (Å²) in [6.45, 7) is 5.76. The Balaban J connectivity index is 0.000000162. The minimum atomic E-state index is 0.256. The lowest BCUT2D eigenvalue weighted by molar-refractivity contribution is 0.412. The van der Waals surface area contributed by atoms with Crippen LogP contribution in [0.3, 0.4) is 0 Å². The van der Waals surface area contributed by atoms with Crippen molar-refractivity contribution in [3.8, 4) is 22.9 Å². The Kier molecular flexibility index (Phi) is 12.8. The second-order valence-electron chi connectivity index (χ2n) is 15.9. The number of hydrogen-bond acceptors (Lipinski definition) is 8. The van der Waals surface area contributed by atoms with Gasteiger partial charge in [0.2, 0.25) is 0 Å². The highest BCUT2D eigenvalue weighted by atomic mass is 79.9. The number of rotatable bonds is 10. The number of halogens is 2. The number of hydrogen-bond donors (Lipinski definition) is 0. The molecule has 0 N–H and O–H groups in total. The minimum absolute atomic E-state index is 0.256. The molecule has 0 radical (unpaired) electrons. The van der Waals surface area contributed by atoms with E-state index in [1.54, 1.807) is 26.9 Å². The Labute approximate surface area is 389 Å². The number of ether oxygens (including phenoxy) is 2. The summed E-state index contributed by atoms with van der Waals surface area (Å²) in [5.41, 5.74) is 8.43. The maximum absolute atomic E-state index is 5.62. The van der Waals surface area contributed by atoms with Gasteiger partial charge in [-0.25, -0.2) is 29.3 Å². The highest BCUT2D eigenvalue weighted by molar-refractivity contribution is 9.10. The largest absolute Gasteiger partial charge is 0.495 e. The lowest BCUT2D eigenvalue weighted by atomic mass is 9.91. The molecule has 2 atom stereocenters. The summed E-state index contributed by atoms with van der Waals surface area (Å²) in [6, 6.07) is 29.0. The van der Waals surface area contributed by atoms with Gasteiger partial charge in [0.1, 0.15) is 23.1 Å². The maximum Gasteiger partial charge on any atom is 0.174 e. The predicted molar refractivity (Wildman–Crippen MR) is 258 cm³/mol. The van der Waals surface area contributed by atoms with E-state index in [1.807, 2.05) is 96.1 Å². The third kappa shape index (κ3) is 9.29. The van der Waals surface area contributed by atoms with E-state index < -0.39 is 0 Å². The summed E-state index contributed by atoms with van der Waals surface area (Å²) in [4.78, 5) is 18.4. The average molecular weight is 981 g/mol. The van der Waals surface area contributed by atoms with Crippen molar-refractivity contribution >= 4 is 56.2 Å². The summed E-state index contributed by atoms with van der Waals surface area (Å²) in [6.07, 6.45) is 19.9. The molecule has 64 heavy (non-hydrogen) atoms. The Morgan fingerprint density at radius 1 is 0.578 bits per heavy atom. The van der Waals surface area contributed by atoms with E-state index >= 15 is 0 Å². The van der Waals surface area contributed by atoms with Crippen LogP contribution in [0.4, 0.5) is 0 Å². The van der Waals surface area contributed by atoms with Gasteiger partial charge in [-0.2, -0.15) is 10.2 Å². The van der Waals surface area contributed by atoms with Crippen LogP contribution in [-0.2, 0) is 13.1 Å². The molecule has 0 saturated heterocycles. The minimum Gasteiger partial charge on any atom is -0.495 e. The first-order valence-electron chi connectivity index (χ1n) is 21.4. The topological polar surface area (TPSA) is 116 Å². The van der Waals surface area contributed by atoms with Gasteiger partial charge in [0.15, 0.2) is 11.6 Å². The molecule has 0 amide bonds. The first-order chi connectivity index (χ1) is 31.2. The van der Waals surface area contributed by atoms with Gasteiger partial charge >= 0.3 is 0 Å². The van der Waals surface area contributed by atoms with Crippen LogP contribution in [0, 0.1) is 13.8 Å². The van der Waals surface area contributed by atoms with Gasteiger partial charge in [-0.1, -0.05) is 92.5 Å². The lowest BCUT2D eigenvalue weighted by Gasteiger charge is -2.23. The van der Waals surface area contributed by atoms with Gasteiger partial charge in [0, 0.05) is 46.3 Å². The Bertz CT molecular complexity index is 2780. The van der Waals surface area contributed by atoms with Crippen LogP contribution in [0.25, 0.3) is 35.7 Å². The molecule has 4 aromatic heterocycles. The van der Waals surface area contributed by atoms with E-state index in [4.69, 9.17) is 29.6 Å². The fraction of sp³-hybridized carbons (Fsp3) is 0.240. The maximum atomic E-state index is 5.62. The quantitative estimate of drug-likeness (QED) is 0.133. The van der Waals surface area contributed by atoms with E-state index in [0.717, 1.165) is 116 Å². The van der Waals surface area contributed by atoms with Crippen LogP contribution in [0.2, 0.25) is 0 Å². The van der Waals surface area contributed by atoms with E-state index in [9.17, 15) is 0 Å². The number of nitrogens with zero attached hydrogens (tertiary/aromatic N) is 10. The van der Waals surface area contributed by atoms with E-state index in [2.05, 4.69) is 99.7 Å². The van der Waals surface area contributed by atoms with Crippen molar-refractivity contribution in [2.75, 3.05) is 14.2 Å². The Hall–Kier alpha value is -6.38. The van der Waals surface area contributed by atoms with Crippen LogP contribution in [0.1, 0.15) is 94.5 Å². The van der Waals surface area contributed by atoms with Gasteiger partial charge in [0.25, 0.3) is 0 Å². The molecular formula is C50H48Br2N10O2. The molecule has 0 aliphatic carbocycles. The van der Waals surface area contributed by atoms with Gasteiger partial charge in [-0.05, 0) is 110 Å². The van der Waals surface area contributed by atoms with Crippen LogP contribution in [-0.4, -0.2) is 62.9 Å². The molecule has 2 aliphatic rings. The first kappa shape index (κ1) is 42.9. The van der Waals surface area contributed by atoms with Crippen molar-refractivity contribution in [2.45, 2.75) is 64.5 Å². The third-order valence-corrected chi connectivity index (χ3v) is 13.0. The Morgan fingerprint density at radius 3 is 1.41 bits per heavy atom. The zero-order chi connectivity index (χ0) is 44.2. The number of methoxy groups -OCH3 is 2. The molecule has 12 nitrogen and oxygen atoms in total. The summed E-state index contributed by atoms with van der Waals surface area (Å²) in [5.74, 6) is 5.61. The molecule has 10 rings (SSSR count). The second kappa shape index (κ2) is 19.2. The number of imidazole rings is 2. The zero-order valence-corrected chi connectivity index (χ0v) is 39.3. The number of aromatic nitrogens is 10. The normalized spacial score (nSPS) is 15.8. The zero-order valence-electron chi connectivity index (χ0n) is 36.1. The SMILES string of the molecule is COc1cc(/C=C/c2nc3n(n2)CCC[C@@H]3c2ccccc2Br)ccc1-n1cnc(C)c1.COc1cc(/C=C/c2nc3n(n2)CCC[C@H]3c2ccccc2Br)ccc1-n1cnc(C)c1. The van der Waals surface area contributed by atoms with Crippen molar-refractivity contribution in [1.82, 2.24) is 48.6 Å². The molecule has 14 heteroatoms. The van der Waals surface area contributed by atoms with Crippen molar-refractivity contribution in [2.24, 2.45) is 0 Å². The lowest BCUT2D eigenvalue weighted by Crippen LogP contribution is -2.18. The summed E-state index contributed by atoms with van der Waals surface area (Å²) >= 11 is 7.40. The van der Waals surface area contributed by atoms with Crippen molar-refractivity contribution in [3.63, 3.8) is 0 Å². The molecule has 8 aromatic rings. The highest BCUT2D eigenvalue weighted by Gasteiger charge is 2.28. The van der Waals surface area contributed by atoms with Gasteiger partial charge in [0.05, 0.1) is 49.6 Å². The number of benzene rings is 4. The number of aryl methyl sites for hydroxylation is 4. The van der Waals surface area contributed by atoms with Gasteiger partial charge < -0.3 is 18.6 Å². The van der Waals surface area contributed by atoms with Gasteiger partial charge in [-0.3, -0.25) is 0 Å². The van der Waals surface area contributed by atoms with Crippen LogP contribution >= 0.6 is 31.9 Å². The summed E-state index contributed by atoms with van der Waals surface area (Å²) in [7, 11) is 3.37. The molecule has 0 unspecified atom stereocenters. The molecule has 0 bridgehead atoms.